The van der Waals surface area contributed by atoms with Crippen LogP contribution in [-0.4, -0.2) is 64.3 Å². The summed E-state index contributed by atoms with van der Waals surface area (Å²) in [5.41, 5.74) is 9.89. The Balaban J connectivity index is 1.68. The number of aryl methyl sites for hydroxylation is 1. The molecular weight excluding hydrogens is 446 g/mol. The summed E-state index contributed by atoms with van der Waals surface area (Å²) >= 11 is 5.50. The first-order valence-corrected chi connectivity index (χ1v) is 12.9. The van der Waals surface area contributed by atoms with Crippen molar-refractivity contribution in [2.75, 3.05) is 27.3 Å². The van der Waals surface area contributed by atoms with Crippen molar-refractivity contribution < 1.29 is 9.47 Å². The number of unbranched alkanes of at least 4 members (excludes halogenated alkanes) is 1. The number of nitrogens with zero attached hydrogens (tertiary/aromatic N) is 3. The molecule has 7 nitrogen and oxygen atoms in total. The molecule has 2 heterocycles. The van der Waals surface area contributed by atoms with Crippen molar-refractivity contribution >= 4 is 17.3 Å². The molecule has 1 aliphatic carbocycles. The molecule has 1 saturated carbocycles. The molecule has 1 aliphatic heterocycles. The molecule has 34 heavy (non-hydrogen) atoms. The van der Waals surface area contributed by atoms with Crippen molar-refractivity contribution in [2.45, 2.75) is 76.4 Å². The fourth-order valence-corrected chi connectivity index (χ4v) is 6.36. The van der Waals surface area contributed by atoms with Crippen LogP contribution in [0.25, 0.3) is 0 Å². The van der Waals surface area contributed by atoms with E-state index < -0.39 is 0 Å². The van der Waals surface area contributed by atoms with Crippen LogP contribution in [0, 0.1) is 6.92 Å². The fraction of sp³-hybridized carbons (Fsp3) is 0.615. The number of likely N-dealkylation sites (tertiary alicyclic amines) is 1. The van der Waals surface area contributed by atoms with E-state index in [9.17, 15) is 0 Å². The van der Waals surface area contributed by atoms with Gasteiger partial charge in [-0.25, -0.2) is 4.98 Å². The minimum absolute atomic E-state index is 0.0624. The second-order valence-corrected chi connectivity index (χ2v) is 10.2. The lowest BCUT2D eigenvalue weighted by Gasteiger charge is -2.48. The zero-order valence-electron chi connectivity index (χ0n) is 21.0. The molecule has 0 bridgehead atoms. The van der Waals surface area contributed by atoms with E-state index in [1.165, 1.54) is 5.56 Å². The van der Waals surface area contributed by atoms with Gasteiger partial charge in [-0.15, -0.1) is 0 Å². The van der Waals surface area contributed by atoms with Crippen LogP contribution in [-0.2, 0) is 12.0 Å². The summed E-state index contributed by atoms with van der Waals surface area (Å²) < 4.78 is 11.2. The minimum Gasteiger partial charge on any atom is -0.493 e. The molecule has 1 saturated heterocycles. The van der Waals surface area contributed by atoms with Crippen LogP contribution in [0.3, 0.4) is 0 Å². The van der Waals surface area contributed by atoms with Gasteiger partial charge in [0.05, 0.1) is 26.2 Å². The Morgan fingerprint density at radius 3 is 2.74 bits per heavy atom. The zero-order chi connectivity index (χ0) is 24.3. The Morgan fingerprint density at radius 1 is 1.29 bits per heavy atom. The molecule has 0 spiro atoms. The fourth-order valence-electron chi connectivity index (χ4n) is 6.12. The Hall–Kier alpha value is -2.32. The predicted molar refractivity (Wildman–Crippen MR) is 139 cm³/mol. The number of nitrogens with two attached hydrogens (primary N) is 1. The number of benzene rings is 1. The second kappa shape index (κ2) is 10.5. The number of ether oxygens (including phenoxy) is 2. The normalized spacial score (nSPS) is 24.6. The average Bonchev–Trinajstić information content (AvgIpc) is 3.42. The lowest BCUT2D eigenvalue weighted by Crippen LogP contribution is -2.54. The van der Waals surface area contributed by atoms with Crippen molar-refractivity contribution in [3.63, 3.8) is 0 Å². The number of hydrogen-bond donors (Lipinski definition) is 2. The summed E-state index contributed by atoms with van der Waals surface area (Å²) in [4.78, 5) is 12.8. The van der Waals surface area contributed by atoms with Crippen molar-refractivity contribution in [3.05, 3.63) is 41.5 Å². The monoisotopic (exact) mass is 485 g/mol. The van der Waals surface area contributed by atoms with Crippen LogP contribution in [0.15, 0.2) is 24.5 Å². The van der Waals surface area contributed by atoms with Crippen molar-refractivity contribution in [1.82, 2.24) is 19.8 Å². The summed E-state index contributed by atoms with van der Waals surface area (Å²) in [5.74, 6) is 1.57. The Labute approximate surface area is 209 Å². The van der Waals surface area contributed by atoms with Crippen molar-refractivity contribution in [2.24, 2.45) is 5.73 Å². The lowest BCUT2D eigenvalue weighted by molar-refractivity contribution is 0.0985. The topological polar surface area (TPSA) is 79.6 Å². The van der Waals surface area contributed by atoms with Crippen LogP contribution in [0.1, 0.15) is 62.4 Å². The number of thiocarbonyl (C=S) groups is 1. The maximum atomic E-state index is 6.22. The van der Waals surface area contributed by atoms with Gasteiger partial charge in [0.2, 0.25) is 0 Å². The summed E-state index contributed by atoms with van der Waals surface area (Å²) in [5, 5.41) is 0.532. The molecule has 3 N–H and O–H groups in total. The molecule has 2 aromatic rings. The highest BCUT2D eigenvalue weighted by Crippen LogP contribution is 2.51. The first kappa shape index (κ1) is 24.8. The van der Waals surface area contributed by atoms with Gasteiger partial charge < -0.3 is 25.1 Å². The molecule has 8 heteroatoms. The quantitative estimate of drug-likeness (QED) is 0.517. The van der Waals surface area contributed by atoms with E-state index in [2.05, 4.69) is 51.8 Å². The summed E-state index contributed by atoms with van der Waals surface area (Å²) in [7, 11) is 3.40. The first-order valence-electron chi connectivity index (χ1n) is 12.4. The van der Waals surface area contributed by atoms with Gasteiger partial charge in [-0.1, -0.05) is 19.4 Å². The van der Waals surface area contributed by atoms with Gasteiger partial charge in [0, 0.05) is 36.3 Å². The van der Waals surface area contributed by atoms with Crippen LogP contribution >= 0.6 is 12.2 Å². The van der Waals surface area contributed by atoms with E-state index in [0.29, 0.717) is 17.2 Å². The third kappa shape index (κ3) is 4.62. The van der Waals surface area contributed by atoms with Gasteiger partial charge in [0.1, 0.15) is 0 Å². The molecule has 3 atom stereocenters. The van der Waals surface area contributed by atoms with E-state index in [1.54, 1.807) is 20.5 Å². The highest BCUT2D eigenvalue weighted by molar-refractivity contribution is 7.80. The molecule has 0 radical (unpaired) electrons. The van der Waals surface area contributed by atoms with E-state index in [0.717, 1.165) is 81.0 Å². The van der Waals surface area contributed by atoms with Gasteiger partial charge in [0.25, 0.3) is 0 Å². The standard InChI is InChI=1S/C26H39N5O2S/c1-5-6-12-31(25(27)34)20-9-10-26(19-7-8-22(32-3)23(14-19)33-4)11-13-30(24(26)15-20)16-21-18(2)28-17-29-21/h7-8,14,17,20,24H,5-6,9-13,15-16H2,1-4H3,(H2,27,34)(H,28,29)/t20-,24+,26+/m1/s1. The molecule has 1 aromatic carbocycles. The van der Waals surface area contributed by atoms with E-state index in [4.69, 9.17) is 27.4 Å². The van der Waals surface area contributed by atoms with E-state index in [-0.39, 0.29) is 5.41 Å². The van der Waals surface area contributed by atoms with Gasteiger partial charge in [-0.2, -0.15) is 0 Å². The maximum Gasteiger partial charge on any atom is 0.166 e. The summed E-state index contributed by atoms with van der Waals surface area (Å²) in [6.45, 7) is 7.14. The smallest absolute Gasteiger partial charge is 0.166 e. The van der Waals surface area contributed by atoms with Crippen LogP contribution in [0.4, 0.5) is 0 Å². The number of rotatable bonds is 9. The van der Waals surface area contributed by atoms with E-state index >= 15 is 0 Å². The largest absolute Gasteiger partial charge is 0.493 e. The Bertz CT molecular complexity index is 995. The molecule has 4 rings (SSSR count). The van der Waals surface area contributed by atoms with Gasteiger partial charge >= 0.3 is 0 Å². The Morgan fingerprint density at radius 2 is 2.09 bits per heavy atom. The summed E-state index contributed by atoms with van der Waals surface area (Å²) in [6, 6.07) is 7.22. The third-order valence-electron chi connectivity index (χ3n) is 8.06. The minimum atomic E-state index is 0.0624. The first-order chi connectivity index (χ1) is 16.4. The number of aromatic nitrogens is 2. The number of hydrogen-bond acceptors (Lipinski definition) is 5. The van der Waals surface area contributed by atoms with E-state index in [1.807, 2.05) is 0 Å². The highest BCUT2D eigenvalue weighted by atomic mass is 32.1. The number of nitrogens with one attached hydrogen (secondary N) is 1. The highest BCUT2D eigenvalue weighted by Gasteiger charge is 2.52. The van der Waals surface area contributed by atoms with Gasteiger partial charge in [-0.05, 0) is 75.5 Å². The molecule has 1 aromatic heterocycles. The van der Waals surface area contributed by atoms with Crippen LogP contribution in [0.5, 0.6) is 11.5 Å². The number of aromatic amines is 1. The number of H-pyrrole nitrogens is 1. The van der Waals surface area contributed by atoms with Gasteiger partial charge in [-0.3, -0.25) is 4.90 Å². The number of methoxy groups -OCH3 is 2. The Kier molecular flexibility index (Phi) is 7.67. The van der Waals surface area contributed by atoms with Gasteiger partial charge in [0.15, 0.2) is 16.6 Å². The maximum absolute atomic E-state index is 6.22. The van der Waals surface area contributed by atoms with Crippen molar-refractivity contribution in [1.29, 1.82) is 0 Å². The van der Waals surface area contributed by atoms with Crippen molar-refractivity contribution in [3.8, 4) is 11.5 Å². The SMILES string of the molecule is CCCCN(C(N)=S)[C@@H]1CC[C@@]2(c3ccc(OC)c(OC)c3)CCN(Cc3nc[nH]c3C)[C@H]2C1. The zero-order valence-corrected chi connectivity index (χ0v) is 21.8. The summed E-state index contributed by atoms with van der Waals surface area (Å²) in [6.07, 6.45) is 8.38. The number of imidazole rings is 1. The lowest BCUT2D eigenvalue weighted by atomic mass is 9.64. The average molecular weight is 486 g/mol. The molecule has 2 fully saturated rings. The molecule has 186 valence electrons. The van der Waals surface area contributed by atoms with Crippen LogP contribution in [0.2, 0.25) is 0 Å². The molecule has 2 aliphatic rings. The number of fused-ring (bicyclic) bond motifs is 1. The molecular formula is C26H39N5O2S. The second-order valence-electron chi connectivity index (χ2n) is 9.75. The van der Waals surface area contributed by atoms with Crippen LogP contribution < -0.4 is 15.2 Å². The molecule has 0 unspecified atom stereocenters. The molecule has 0 amide bonds. The third-order valence-corrected chi connectivity index (χ3v) is 8.30. The predicted octanol–water partition coefficient (Wildman–Crippen LogP) is 4.15.